The van der Waals surface area contributed by atoms with E-state index in [4.69, 9.17) is 0 Å². The zero-order chi connectivity index (χ0) is 8.27. The predicted molar refractivity (Wildman–Crippen MR) is 36.4 cm³/mol. The predicted octanol–water partition coefficient (Wildman–Crippen LogP) is 1.17. The first-order valence-corrected chi connectivity index (χ1v) is 3.76. The molecule has 0 aromatic heterocycles. The Morgan fingerprint density at radius 1 is 1.64 bits per heavy atom. The van der Waals surface area contributed by atoms with E-state index in [-0.39, 0.29) is 12.3 Å². The zero-order valence-corrected chi connectivity index (χ0v) is 6.15. The molecule has 11 heavy (non-hydrogen) atoms. The minimum atomic E-state index is -2.36. The SMILES string of the molecule is O=C1NCCCC1CC(F)F. The lowest BCUT2D eigenvalue weighted by atomic mass is 9.96. The molecule has 1 atom stereocenters. The molecular weight excluding hydrogens is 152 g/mol. The van der Waals surface area contributed by atoms with Gasteiger partial charge in [0, 0.05) is 18.9 Å². The van der Waals surface area contributed by atoms with Gasteiger partial charge in [-0.1, -0.05) is 0 Å². The molecule has 2 nitrogen and oxygen atoms in total. The summed E-state index contributed by atoms with van der Waals surface area (Å²) in [5.41, 5.74) is 0. The van der Waals surface area contributed by atoms with E-state index in [2.05, 4.69) is 5.32 Å². The number of hydrogen-bond acceptors (Lipinski definition) is 1. The molecular formula is C7H11F2NO. The Morgan fingerprint density at radius 3 is 2.91 bits per heavy atom. The van der Waals surface area contributed by atoms with E-state index >= 15 is 0 Å². The van der Waals surface area contributed by atoms with E-state index in [0.717, 1.165) is 6.42 Å². The van der Waals surface area contributed by atoms with Crippen LogP contribution in [0.3, 0.4) is 0 Å². The van der Waals surface area contributed by atoms with Crippen LogP contribution in [0.4, 0.5) is 8.78 Å². The maximum Gasteiger partial charge on any atom is 0.239 e. The molecule has 4 heteroatoms. The van der Waals surface area contributed by atoms with Crippen LogP contribution < -0.4 is 5.32 Å². The van der Waals surface area contributed by atoms with Gasteiger partial charge >= 0.3 is 0 Å². The Labute approximate surface area is 64.0 Å². The van der Waals surface area contributed by atoms with Crippen molar-refractivity contribution in [2.24, 2.45) is 5.92 Å². The molecule has 0 spiro atoms. The van der Waals surface area contributed by atoms with Crippen molar-refractivity contribution in [3.63, 3.8) is 0 Å². The van der Waals surface area contributed by atoms with Gasteiger partial charge in [0.05, 0.1) is 0 Å². The second-order valence-corrected chi connectivity index (χ2v) is 2.76. The highest BCUT2D eigenvalue weighted by Gasteiger charge is 2.24. The first-order valence-electron chi connectivity index (χ1n) is 3.76. The average molecular weight is 163 g/mol. The molecule has 1 fully saturated rings. The van der Waals surface area contributed by atoms with Crippen molar-refractivity contribution in [3.8, 4) is 0 Å². The quantitative estimate of drug-likeness (QED) is 0.650. The Hall–Kier alpha value is -0.670. The van der Waals surface area contributed by atoms with E-state index in [1.54, 1.807) is 0 Å². The topological polar surface area (TPSA) is 29.1 Å². The summed E-state index contributed by atoms with van der Waals surface area (Å²) in [7, 11) is 0. The highest BCUT2D eigenvalue weighted by Crippen LogP contribution is 2.18. The first-order chi connectivity index (χ1) is 5.20. The van der Waals surface area contributed by atoms with Crippen molar-refractivity contribution in [1.82, 2.24) is 5.32 Å². The molecule has 0 radical (unpaired) electrons. The number of nitrogens with one attached hydrogen (secondary N) is 1. The van der Waals surface area contributed by atoms with E-state index in [1.807, 2.05) is 0 Å². The molecule has 0 saturated carbocycles. The number of piperidine rings is 1. The largest absolute Gasteiger partial charge is 0.356 e. The Morgan fingerprint density at radius 2 is 2.36 bits per heavy atom. The fourth-order valence-corrected chi connectivity index (χ4v) is 1.28. The molecule has 1 aliphatic heterocycles. The van der Waals surface area contributed by atoms with Crippen LogP contribution in [-0.4, -0.2) is 18.9 Å². The first kappa shape index (κ1) is 8.43. The zero-order valence-electron chi connectivity index (χ0n) is 6.15. The van der Waals surface area contributed by atoms with Crippen molar-refractivity contribution >= 4 is 5.91 Å². The van der Waals surface area contributed by atoms with Crippen molar-refractivity contribution in [2.45, 2.75) is 25.7 Å². The summed E-state index contributed by atoms with van der Waals surface area (Å²) in [5, 5.41) is 2.57. The third-order valence-corrected chi connectivity index (χ3v) is 1.86. The van der Waals surface area contributed by atoms with E-state index < -0.39 is 12.3 Å². The molecule has 1 rings (SSSR count). The van der Waals surface area contributed by atoms with E-state index in [9.17, 15) is 13.6 Å². The van der Waals surface area contributed by atoms with E-state index in [0.29, 0.717) is 13.0 Å². The van der Waals surface area contributed by atoms with Crippen LogP contribution in [0.2, 0.25) is 0 Å². The Kier molecular flexibility index (Phi) is 2.79. The number of amides is 1. The fourth-order valence-electron chi connectivity index (χ4n) is 1.28. The van der Waals surface area contributed by atoms with Gasteiger partial charge in [-0.05, 0) is 12.8 Å². The normalized spacial score (nSPS) is 25.4. The molecule has 1 heterocycles. The van der Waals surface area contributed by atoms with Crippen molar-refractivity contribution in [1.29, 1.82) is 0 Å². The summed E-state index contributed by atoms with van der Waals surface area (Å²) in [4.78, 5) is 10.9. The number of hydrogen-bond donors (Lipinski definition) is 1. The van der Waals surface area contributed by atoms with Gasteiger partial charge in [-0.25, -0.2) is 8.78 Å². The van der Waals surface area contributed by atoms with Crippen LogP contribution in [0, 0.1) is 5.92 Å². The molecule has 64 valence electrons. The lowest BCUT2D eigenvalue weighted by Gasteiger charge is -2.20. The van der Waals surface area contributed by atoms with Gasteiger partial charge in [0.25, 0.3) is 0 Å². The summed E-state index contributed by atoms with van der Waals surface area (Å²) in [6, 6.07) is 0. The van der Waals surface area contributed by atoms with Gasteiger partial charge in [-0.2, -0.15) is 0 Å². The van der Waals surface area contributed by atoms with Crippen LogP contribution in [0.5, 0.6) is 0 Å². The molecule has 0 bridgehead atoms. The number of rotatable bonds is 2. The lowest BCUT2D eigenvalue weighted by molar-refractivity contribution is -0.128. The van der Waals surface area contributed by atoms with Crippen molar-refractivity contribution < 1.29 is 13.6 Å². The molecule has 1 unspecified atom stereocenters. The van der Waals surface area contributed by atoms with Crippen LogP contribution in [0.25, 0.3) is 0 Å². The van der Waals surface area contributed by atoms with Gasteiger partial charge in [0.1, 0.15) is 0 Å². The second kappa shape index (κ2) is 3.64. The highest BCUT2D eigenvalue weighted by atomic mass is 19.3. The minimum absolute atomic E-state index is 0.212. The molecule has 0 aliphatic carbocycles. The molecule has 1 N–H and O–H groups in total. The molecule has 0 aromatic carbocycles. The van der Waals surface area contributed by atoms with Crippen LogP contribution >= 0.6 is 0 Å². The maximum atomic E-state index is 11.8. The summed E-state index contributed by atoms with van der Waals surface area (Å²) >= 11 is 0. The van der Waals surface area contributed by atoms with E-state index in [1.165, 1.54) is 0 Å². The lowest BCUT2D eigenvalue weighted by Crippen LogP contribution is -2.37. The summed E-state index contributed by atoms with van der Waals surface area (Å²) in [5.74, 6) is -0.666. The number of halogens is 2. The van der Waals surface area contributed by atoms with Gasteiger partial charge in [-0.15, -0.1) is 0 Å². The molecule has 1 amide bonds. The van der Waals surface area contributed by atoms with Crippen molar-refractivity contribution in [3.05, 3.63) is 0 Å². The molecule has 1 aliphatic rings. The van der Waals surface area contributed by atoms with Crippen LogP contribution in [0.15, 0.2) is 0 Å². The fraction of sp³-hybridized carbons (Fsp3) is 0.857. The monoisotopic (exact) mass is 163 g/mol. The Balaban J connectivity index is 2.36. The number of carbonyl (C=O) groups excluding carboxylic acids is 1. The third-order valence-electron chi connectivity index (χ3n) is 1.86. The van der Waals surface area contributed by atoms with Gasteiger partial charge in [0.2, 0.25) is 12.3 Å². The van der Waals surface area contributed by atoms with Crippen LogP contribution in [0.1, 0.15) is 19.3 Å². The van der Waals surface area contributed by atoms with Crippen molar-refractivity contribution in [2.75, 3.05) is 6.54 Å². The van der Waals surface area contributed by atoms with Gasteiger partial charge in [0.15, 0.2) is 0 Å². The van der Waals surface area contributed by atoms with Gasteiger partial charge < -0.3 is 5.32 Å². The average Bonchev–Trinajstić information content (AvgIpc) is 1.93. The minimum Gasteiger partial charge on any atom is -0.356 e. The Bertz CT molecular complexity index is 149. The number of alkyl halides is 2. The van der Waals surface area contributed by atoms with Gasteiger partial charge in [-0.3, -0.25) is 4.79 Å². The highest BCUT2D eigenvalue weighted by molar-refractivity contribution is 5.79. The standard InChI is InChI=1S/C7H11F2NO/c8-6(9)4-5-2-1-3-10-7(5)11/h5-6H,1-4H2,(H,10,11). The second-order valence-electron chi connectivity index (χ2n) is 2.76. The smallest absolute Gasteiger partial charge is 0.239 e. The van der Waals surface area contributed by atoms with Crippen LogP contribution in [-0.2, 0) is 4.79 Å². The maximum absolute atomic E-state index is 11.8. The summed E-state index contributed by atoms with van der Waals surface area (Å²) < 4.78 is 23.6. The third kappa shape index (κ3) is 2.44. The summed E-state index contributed by atoms with van der Waals surface area (Å²) in [6.45, 7) is 0.637. The summed E-state index contributed by atoms with van der Waals surface area (Å²) in [6.07, 6.45) is -1.21. The number of carbonyl (C=O) groups is 1. The molecule has 0 aromatic rings. The molecule has 1 saturated heterocycles.